The van der Waals surface area contributed by atoms with Crippen LogP contribution in [0.1, 0.15) is 48.8 Å². The van der Waals surface area contributed by atoms with Crippen molar-refractivity contribution in [1.82, 2.24) is 10.2 Å². The van der Waals surface area contributed by atoms with Gasteiger partial charge in [0.25, 0.3) is 0 Å². The van der Waals surface area contributed by atoms with E-state index in [1.165, 1.54) is 0 Å². The first-order chi connectivity index (χ1) is 21.6. The molecule has 0 aromatic heterocycles. The largest absolute Gasteiger partial charge is 0.344 e. The Kier molecular flexibility index (Phi) is 13.1. The molecule has 0 radical (unpaired) electrons. The monoisotopic (exact) mass is 685 g/mol. The minimum absolute atomic E-state index is 0.0525. The van der Waals surface area contributed by atoms with E-state index in [-0.39, 0.29) is 30.7 Å². The van der Waals surface area contributed by atoms with E-state index in [0.717, 1.165) is 24.8 Å². The number of piperidine rings is 1. The lowest BCUT2D eigenvalue weighted by Crippen LogP contribution is -2.52. The molecule has 45 heavy (non-hydrogen) atoms. The highest BCUT2D eigenvalue weighted by molar-refractivity contribution is 6.42. The van der Waals surface area contributed by atoms with Crippen molar-refractivity contribution >= 4 is 76.2 Å². The van der Waals surface area contributed by atoms with Crippen LogP contribution in [0.25, 0.3) is 12.2 Å². The van der Waals surface area contributed by atoms with Gasteiger partial charge < -0.3 is 16.0 Å². The third-order valence-corrected chi connectivity index (χ3v) is 8.94. The number of ketones is 1. The lowest BCUT2D eigenvalue weighted by atomic mass is 9.93. The molecule has 1 fully saturated rings. The van der Waals surface area contributed by atoms with Crippen LogP contribution >= 0.6 is 46.4 Å². The van der Waals surface area contributed by atoms with Crippen molar-refractivity contribution in [1.29, 1.82) is 0 Å². The molecule has 2 amide bonds. The van der Waals surface area contributed by atoms with Crippen LogP contribution in [-0.4, -0.2) is 48.2 Å². The summed E-state index contributed by atoms with van der Waals surface area (Å²) < 4.78 is 0. The summed E-state index contributed by atoms with van der Waals surface area (Å²) in [4.78, 5) is 42.6. The number of halogens is 4. The van der Waals surface area contributed by atoms with E-state index in [0.29, 0.717) is 68.2 Å². The Hall–Kier alpha value is -3.13. The van der Waals surface area contributed by atoms with Gasteiger partial charge in [0.1, 0.15) is 6.04 Å². The second-order valence-electron chi connectivity index (χ2n) is 11.0. The van der Waals surface area contributed by atoms with E-state index in [9.17, 15) is 14.4 Å². The highest BCUT2D eigenvalue weighted by Crippen LogP contribution is 2.28. The third kappa shape index (κ3) is 10.2. The molecule has 1 heterocycles. The smallest absolute Gasteiger partial charge is 0.246 e. The summed E-state index contributed by atoms with van der Waals surface area (Å²) in [6.07, 6.45) is 7.51. The predicted molar refractivity (Wildman–Crippen MR) is 185 cm³/mol. The Morgan fingerprint density at radius 2 is 1.33 bits per heavy atom. The van der Waals surface area contributed by atoms with Gasteiger partial charge in [-0.1, -0.05) is 102 Å². The first-order valence-electron chi connectivity index (χ1n) is 14.8. The first-order valence-corrected chi connectivity index (χ1v) is 16.3. The van der Waals surface area contributed by atoms with Gasteiger partial charge in [-0.25, -0.2) is 0 Å². The fraction of sp³-hybridized carbons (Fsp3) is 0.286. The number of hydrogen-bond acceptors (Lipinski definition) is 4. The highest BCUT2D eigenvalue weighted by atomic mass is 35.5. The SMILES string of the molecule is NCCCCCCC(=O)NC(Cc1ccccc1)C(=O)N1C/C(=C\c2ccc(Cl)c(Cl)c2)C(=O)/C(=C/c2ccc(Cl)c(Cl)c2)C1. The molecule has 3 aromatic rings. The van der Waals surface area contributed by atoms with Crippen LogP contribution in [0.4, 0.5) is 0 Å². The molecule has 4 rings (SSSR count). The summed E-state index contributed by atoms with van der Waals surface area (Å²) in [6.45, 7) is 0.731. The Morgan fingerprint density at radius 3 is 1.87 bits per heavy atom. The quantitative estimate of drug-likeness (QED) is 0.150. The number of unbranched alkanes of at least 4 members (excludes halogenated alkanes) is 3. The number of carbonyl (C=O) groups excluding carboxylic acids is 3. The molecular weight excluding hydrogens is 652 g/mol. The summed E-state index contributed by atoms with van der Waals surface area (Å²) in [6, 6.07) is 18.9. The minimum Gasteiger partial charge on any atom is -0.344 e. The molecule has 0 aliphatic carbocycles. The van der Waals surface area contributed by atoms with Crippen LogP contribution in [0, 0.1) is 0 Å². The highest BCUT2D eigenvalue weighted by Gasteiger charge is 2.33. The maximum absolute atomic E-state index is 14.2. The standard InChI is InChI=1S/C35H35Cl4N3O3/c36-28-13-11-24(18-30(28)38)16-26-21-42(22-27(34(26)44)17-25-12-14-29(37)31(39)19-25)35(45)32(20-23-8-4-3-5-9-23)41-33(43)10-6-1-2-7-15-40/h3-5,8-9,11-14,16-19,32H,1-2,6-7,10,15,20-22,40H2,(H,41,43)/b26-16+,27-17+. The van der Waals surface area contributed by atoms with Crippen LogP contribution in [0.15, 0.2) is 77.9 Å². The molecule has 1 atom stereocenters. The van der Waals surface area contributed by atoms with E-state index in [1.54, 1.807) is 53.5 Å². The Bertz CT molecular complexity index is 1520. The average molecular weight is 687 g/mol. The topological polar surface area (TPSA) is 92.5 Å². The van der Waals surface area contributed by atoms with Gasteiger partial charge in [0.15, 0.2) is 5.78 Å². The summed E-state index contributed by atoms with van der Waals surface area (Å²) in [5.74, 6) is -0.691. The summed E-state index contributed by atoms with van der Waals surface area (Å²) in [5, 5.41) is 4.46. The number of Topliss-reactive ketones (excluding diaryl/α,β-unsaturated/α-hetero) is 1. The van der Waals surface area contributed by atoms with E-state index >= 15 is 0 Å². The van der Waals surface area contributed by atoms with E-state index in [2.05, 4.69) is 5.32 Å². The number of nitrogens with zero attached hydrogens (tertiary/aromatic N) is 1. The minimum atomic E-state index is -0.824. The van der Waals surface area contributed by atoms with E-state index in [1.807, 2.05) is 30.3 Å². The van der Waals surface area contributed by atoms with E-state index in [4.69, 9.17) is 52.1 Å². The molecule has 1 unspecified atom stereocenters. The van der Waals surface area contributed by atoms with Crippen LogP contribution in [0.3, 0.4) is 0 Å². The second kappa shape index (κ2) is 17.0. The molecule has 0 saturated carbocycles. The average Bonchev–Trinajstić information content (AvgIpc) is 3.02. The molecule has 1 aliphatic heterocycles. The van der Waals surface area contributed by atoms with Gasteiger partial charge in [-0.15, -0.1) is 0 Å². The van der Waals surface area contributed by atoms with E-state index < -0.39 is 6.04 Å². The number of hydrogen-bond donors (Lipinski definition) is 2. The van der Waals surface area contributed by atoms with Gasteiger partial charge >= 0.3 is 0 Å². The maximum Gasteiger partial charge on any atom is 0.246 e. The molecule has 0 bridgehead atoms. The lowest BCUT2D eigenvalue weighted by molar-refractivity contribution is -0.136. The summed E-state index contributed by atoms with van der Waals surface area (Å²) >= 11 is 24.7. The Morgan fingerprint density at radius 1 is 0.778 bits per heavy atom. The molecule has 10 heteroatoms. The zero-order chi connectivity index (χ0) is 32.3. The van der Waals surface area contributed by atoms with Crippen molar-refractivity contribution in [3.05, 3.63) is 115 Å². The summed E-state index contributed by atoms with van der Waals surface area (Å²) in [5.41, 5.74) is 8.61. The number of nitrogens with two attached hydrogens (primary N) is 1. The maximum atomic E-state index is 14.2. The molecule has 236 valence electrons. The number of nitrogens with one attached hydrogen (secondary N) is 1. The van der Waals surface area contributed by atoms with Crippen LogP contribution in [0.5, 0.6) is 0 Å². The van der Waals surface area contributed by atoms with Crippen LogP contribution < -0.4 is 11.1 Å². The van der Waals surface area contributed by atoms with Gasteiger partial charge in [0.05, 0.1) is 20.1 Å². The second-order valence-corrected chi connectivity index (χ2v) is 12.6. The molecule has 1 saturated heterocycles. The zero-order valence-corrected chi connectivity index (χ0v) is 27.7. The van der Waals surface area contributed by atoms with Crippen molar-refractivity contribution < 1.29 is 14.4 Å². The number of rotatable bonds is 12. The predicted octanol–water partition coefficient (Wildman–Crippen LogP) is 7.82. The van der Waals surface area contributed by atoms with Crippen molar-refractivity contribution in [3.63, 3.8) is 0 Å². The molecule has 1 aliphatic rings. The van der Waals surface area contributed by atoms with Crippen LogP contribution in [0.2, 0.25) is 20.1 Å². The van der Waals surface area contributed by atoms with Gasteiger partial charge in [-0.2, -0.15) is 0 Å². The number of amides is 2. The van der Waals surface area contributed by atoms with Crippen molar-refractivity contribution in [2.75, 3.05) is 19.6 Å². The zero-order valence-electron chi connectivity index (χ0n) is 24.7. The lowest BCUT2D eigenvalue weighted by Gasteiger charge is -2.33. The Labute approximate surface area is 284 Å². The van der Waals surface area contributed by atoms with Crippen molar-refractivity contribution in [2.45, 2.75) is 44.6 Å². The molecule has 3 aromatic carbocycles. The first kappa shape index (κ1) is 34.7. The number of benzene rings is 3. The molecule has 6 nitrogen and oxygen atoms in total. The molecular formula is C35H35Cl4N3O3. The number of likely N-dealkylation sites (tertiary alicyclic amines) is 1. The fourth-order valence-corrected chi connectivity index (χ4v) is 5.74. The number of carbonyl (C=O) groups is 3. The van der Waals surface area contributed by atoms with Gasteiger partial charge in [-0.3, -0.25) is 14.4 Å². The normalized spacial score (nSPS) is 15.8. The molecule has 0 spiro atoms. The fourth-order valence-electron chi connectivity index (χ4n) is 5.12. The Balaban J connectivity index is 1.65. The van der Waals surface area contributed by atoms with Crippen molar-refractivity contribution in [2.24, 2.45) is 5.73 Å². The van der Waals surface area contributed by atoms with Gasteiger partial charge in [-0.05, 0) is 72.5 Å². The van der Waals surface area contributed by atoms with Gasteiger partial charge in [0.2, 0.25) is 11.8 Å². The molecule has 3 N–H and O–H groups in total. The van der Waals surface area contributed by atoms with Crippen molar-refractivity contribution in [3.8, 4) is 0 Å². The van der Waals surface area contributed by atoms with Crippen LogP contribution in [-0.2, 0) is 20.8 Å². The summed E-state index contributed by atoms with van der Waals surface area (Å²) in [7, 11) is 0. The third-order valence-electron chi connectivity index (χ3n) is 7.46. The van der Waals surface area contributed by atoms with Gasteiger partial charge in [0, 0.05) is 37.1 Å².